The van der Waals surface area contributed by atoms with E-state index >= 15 is 0 Å². The van der Waals surface area contributed by atoms with Gasteiger partial charge in [0.2, 0.25) is 11.8 Å². The molecule has 5 atom stereocenters. The molecular weight excluding hydrogens is 408 g/mol. The maximum absolute atomic E-state index is 13.2. The molecule has 3 heterocycles. The van der Waals surface area contributed by atoms with E-state index in [1.54, 1.807) is 24.1 Å². The lowest BCUT2D eigenvalue weighted by atomic mass is 10.0. The second-order valence-electron chi connectivity index (χ2n) is 8.91. The minimum Gasteiger partial charge on any atom is -0.355 e. The summed E-state index contributed by atoms with van der Waals surface area (Å²) in [5.41, 5.74) is 7.77. The van der Waals surface area contributed by atoms with E-state index in [0.717, 1.165) is 18.4 Å². The predicted octanol–water partition coefficient (Wildman–Crippen LogP) is 0.234. The Labute approximate surface area is 188 Å². The maximum atomic E-state index is 13.2. The van der Waals surface area contributed by atoms with Crippen molar-refractivity contribution in [3.8, 4) is 6.07 Å². The molecule has 3 unspecified atom stereocenters. The number of nitrogens with zero attached hydrogens (tertiary/aromatic N) is 4. The fourth-order valence-electron chi connectivity index (χ4n) is 5.33. The first-order chi connectivity index (χ1) is 15.3. The van der Waals surface area contributed by atoms with E-state index < -0.39 is 12.1 Å². The van der Waals surface area contributed by atoms with E-state index in [2.05, 4.69) is 11.4 Å². The minimum atomic E-state index is -0.737. The minimum absolute atomic E-state index is 0.0554. The van der Waals surface area contributed by atoms with Crippen molar-refractivity contribution in [3.63, 3.8) is 0 Å². The molecule has 3 aliphatic heterocycles. The molecule has 3 amide bonds. The quantitative estimate of drug-likeness (QED) is 0.656. The highest BCUT2D eigenvalue weighted by Crippen LogP contribution is 2.38. The van der Waals surface area contributed by atoms with Gasteiger partial charge in [0.05, 0.1) is 24.2 Å². The number of hydrogen-bond donors (Lipinski definition) is 2. The molecule has 0 aromatic heterocycles. The van der Waals surface area contributed by atoms with Crippen LogP contribution in [0.1, 0.15) is 48.1 Å². The number of nitrogens with one attached hydrogen (secondary N) is 1. The van der Waals surface area contributed by atoms with Crippen LogP contribution in [0.25, 0.3) is 0 Å². The summed E-state index contributed by atoms with van der Waals surface area (Å²) in [5, 5.41) is 11.8. The lowest BCUT2D eigenvalue weighted by Crippen LogP contribution is -2.56. The molecule has 9 heteroatoms. The van der Waals surface area contributed by atoms with Crippen molar-refractivity contribution in [2.75, 3.05) is 26.7 Å². The highest BCUT2D eigenvalue weighted by atomic mass is 16.2. The van der Waals surface area contributed by atoms with Crippen LogP contribution >= 0.6 is 0 Å². The molecule has 3 N–H and O–H groups in total. The molecule has 3 fully saturated rings. The lowest BCUT2D eigenvalue weighted by molar-refractivity contribution is -0.140. The molecule has 0 saturated carbocycles. The van der Waals surface area contributed by atoms with Crippen LogP contribution in [0, 0.1) is 11.3 Å². The number of nitriles is 1. The van der Waals surface area contributed by atoms with E-state index in [1.807, 2.05) is 28.9 Å². The Balaban J connectivity index is 1.38. The number of rotatable bonds is 6. The van der Waals surface area contributed by atoms with E-state index in [0.29, 0.717) is 31.6 Å². The van der Waals surface area contributed by atoms with Crippen LogP contribution in [0.5, 0.6) is 0 Å². The van der Waals surface area contributed by atoms with Crippen LogP contribution in [0.15, 0.2) is 24.3 Å². The number of hydrogen-bond acceptors (Lipinski definition) is 6. The molecule has 0 radical (unpaired) electrons. The SMILES string of the molecule is CNC(=O)c1ccc(C(C)N2C(=O)[C@@H]3C[C@H]2CN3CC(N)C(=O)N2CCCC2C#N)cc1. The maximum Gasteiger partial charge on any atom is 0.251 e. The van der Waals surface area contributed by atoms with Gasteiger partial charge >= 0.3 is 0 Å². The topological polar surface area (TPSA) is 123 Å². The molecular formula is C23H30N6O3. The molecule has 3 aliphatic rings. The summed E-state index contributed by atoms with van der Waals surface area (Å²) >= 11 is 0. The summed E-state index contributed by atoms with van der Waals surface area (Å²) < 4.78 is 0. The number of fused-ring (bicyclic) bond motifs is 2. The zero-order valence-corrected chi connectivity index (χ0v) is 18.5. The van der Waals surface area contributed by atoms with Crippen molar-refractivity contribution in [1.82, 2.24) is 20.0 Å². The first-order valence-electron chi connectivity index (χ1n) is 11.2. The van der Waals surface area contributed by atoms with E-state index in [4.69, 9.17) is 5.73 Å². The highest BCUT2D eigenvalue weighted by Gasteiger charge is 2.51. The Hall–Kier alpha value is -2.96. The van der Waals surface area contributed by atoms with Crippen LogP contribution in [0.4, 0.5) is 0 Å². The van der Waals surface area contributed by atoms with Crippen LogP contribution in [0.3, 0.4) is 0 Å². The molecule has 4 rings (SSSR count). The smallest absolute Gasteiger partial charge is 0.251 e. The van der Waals surface area contributed by atoms with Gasteiger partial charge in [-0.2, -0.15) is 5.26 Å². The fraction of sp³-hybridized carbons (Fsp3) is 0.565. The molecule has 1 aromatic rings. The molecule has 170 valence electrons. The summed E-state index contributed by atoms with van der Waals surface area (Å²) in [6.07, 6.45) is 2.24. The number of carbonyl (C=O) groups is 3. The Morgan fingerprint density at radius 1 is 1.31 bits per heavy atom. The molecule has 3 saturated heterocycles. The van der Waals surface area contributed by atoms with Gasteiger partial charge in [-0.3, -0.25) is 19.3 Å². The monoisotopic (exact) mass is 438 g/mol. The molecule has 0 spiro atoms. The van der Waals surface area contributed by atoms with Gasteiger partial charge in [0, 0.05) is 38.3 Å². The third-order valence-corrected chi connectivity index (χ3v) is 7.05. The van der Waals surface area contributed by atoms with Gasteiger partial charge in [0.15, 0.2) is 0 Å². The number of piperazine rings is 1. The number of nitrogens with two attached hydrogens (primary N) is 1. The molecule has 9 nitrogen and oxygen atoms in total. The fourth-order valence-corrected chi connectivity index (χ4v) is 5.33. The van der Waals surface area contributed by atoms with Crippen molar-refractivity contribution >= 4 is 17.7 Å². The van der Waals surface area contributed by atoms with E-state index in [-0.39, 0.29) is 35.8 Å². The Bertz CT molecular complexity index is 942. The van der Waals surface area contributed by atoms with Crippen LogP contribution < -0.4 is 11.1 Å². The Morgan fingerprint density at radius 2 is 2.03 bits per heavy atom. The average molecular weight is 439 g/mol. The molecule has 32 heavy (non-hydrogen) atoms. The van der Waals surface area contributed by atoms with Crippen molar-refractivity contribution in [2.45, 2.75) is 56.4 Å². The summed E-state index contributed by atoms with van der Waals surface area (Å²) in [6, 6.07) is 8.08. The number of likely N-dealkylation sites (tertiary alicyclic amines) is 3. The molecule has 2 bridgehead atoms. The van der Waals surface area contributed by atoms with Gasteiger partial charge in [-0.15, -0.1) is 0 Å². The summed E-state index contributed by atoms with van der Waals surface area (Å²) in [7, 11) is 1.59. The highest BCUT2D eigenvalue weighted by molar-refractivity contribution is 5.94. The average Bonchev–Trinajstić information content (AvgIpc) is 3.52. The molecule has 0 aliphatic carbocycles. The lowest BCUT2D eigenvalue weighted by Gasteiger charge is -2.38. The van der Waals surface area contributed by atoms with Crippen molar-refractivity contribution in [2.24, 2.45) is 5.73 Å². The van der Waals surface area contributed by atoms with Gasteiger partial charge in [0.25, 0.3) is 5.91 Å². The van der Waals surface area contributed by atoms with Gasteiger partial charge in [0.1, 0.15) is 6.04 Å². The summed E-state index contributed by atoms with van der Waals surface area (Å²) in [5.74, 6) is -0.289. The Morgan fingerprint density at radius 3 is 2.66 bits per heavy atom. The van der Waals surface area contributed by atoms with Gasteiger partial charge in [-0.1, -0.05) is 12.1 Å². The predicted molar refractivity (Wildman–Crippen MR) is 117 cm³/mol. The van der Waals surface area contributed by atoms with Crippen LogP contribution in [-0.4, -0.2) is 83.3 Å². The first-order valence-corrected chi connectivity index (χ1v) is 11.2. The van der Waals surface area contributed by atoms with Gasteiger partial charge in [-0.05, 0) is 43.9 Å². The van der Waals surface area contributed by atoms with Gasteiger partial charge in [-0.25, -0.2) is 0 Å². The van der Waals surface area contributed by atoms with Crippen LogP contribution in [-0.2, 0) is 9.59 Å². The number of benzene rings is 1. The van der Waals surface area contributed by atoms with Crippen molar-refractivity contribution in [3.05, 3.63) is 35.4 Å². The third-order valence-electron chi connectivity index (χ3n) is 7.05. The Kier molecular flexibility index (Phi) is 6.17. The van der Waals surface area contributed by atoms with Crippen LogP contribution in [0.2, 0.25) is 0 Å². The van der Waals surface area contributed by atoms with Crippen molar-refractivity contribution in [1.29, 1.82) is 5.26 Å². The number of amides is 3. The third kappa shape index (κ3) is 3.85. The first kappa shape index (κ1) is 22.2. The van der Waals surface area contributed by atoms with Crippen molar-refractivity contribution < 1.29 is 14.4 Å². The normalized spacial score (nSPS) is 26.8. The largest absolute Gasteiger partial charge is 0.355 e. The van der Waals surface area contributed by atoms with E-state index in [1.165, 1.54) is 0 Å². The zero-order chi connectivity index (χ0) is 23.0. The summed E-state index contributed by atoms with van der Waals surface area (Å²) in [6.45, 7) is 3.57. The van der Waals surface area contributed by atoms with Gasteiger partial charge < -0.3 is 20.9 Å². The van der Waals surface area contributed by atoms with E-state index in [9.17, 15) is 19.6 Å². The summed E-state index contributed by atoms with van der Waals surface area (Å²) in [4.78, 5) is 43.2. The molecule has 1 aromatic carbocycles. The second-order valence-corrected chi connectivity index (χ2v) is 8.91. The second kappa shape index (κ2) is 8.88. The number of carbonyl (C=O) groups excluding carboxylic acids is 3. The standard InChI is InChI=1S/C23H30N6O3/c1-14(15-5-7-16(8-6-15)21(30)26-2)29-18-10-20(23(29)32)27(12-18)13-19(25)22(31)28-9-3-4-17(28)11-24/h5-8,14,17-20H,3-4,9-10,12-13,25H2,1-2H3,(H,26,30)/t14?,17?,18-,19?,20-/m0/s1. The zero-order valence-electron chi connectivity index (χ0n) is 18.5.